The van der Waals surface area contributed by atoms with Gasteiger partial charge in [-0.05, 0) is 31.9 Å². The van der Waals surface area contributed by atoms with Crippen LogP contribution in [0, 0.1) is 0 Å². The van der Waals surface area contributed by atoms with Gasteiger partial charge in [0.15, 0.2) is 0 Å². The van der Waals surface area contributed by atoms with Crippen molar-refractivity contribution < 1.29 is 4.79 Å². The fourth-order valence-electron chi connectivity index (χ4n) is 3.26. The van der Waals surface area contributed by atoms with E-state index in [0.29, 0.717) is 5.92 Å². The molecule has 1 atom stereocenters. The lowest BCUT2D eigenvalue weighted by Crippen LogP contribution is -2.52. The second kappa shape index (κ2) is 5.36. The molecule has 0 spiro atoms. The molecule has 4 nitrogen and oxygen atoms in total. The zero-order chi connectivity index (χ0) is 15.1. The highest BCUT2D eigenvalue weighted by Gasteiger charge is 2.29. The number of fused-ring (bicyclic) bond motifs is 1. The molecule has 1 aromatic carbocycles. The molecule has 2 aromatic rings. The molecule has 22 heavy (non-hydrogen) atoms. The summed E-state index contributed by atoms with van der Waals surface area (Å²) in [4.78, 5) is 19.8. The molecule has 1 saturated heterocycles. The van der Waals surface area contributed by atoms with Crippen LogP contribution < -0.4 is 5.32 Å². The number of carbonyl (C=O) groups is 1. The van der Waals surface area contributed by atoms with Gasteiger partial charge in [0.25, 0.3) is 5.91 Å². The average molecular weight is 295 g/mol. The summed E-state index contributed by atoms with van der Waals surface area (Å²) in [6.07, 6.45) is 2.39. The molecule has 2 fully saturated rings. The molecule has 1 aliphatic heterocycles. The summed E-state index contributed by atoms with van der Waals surface area (Å²) in [7, 11) is 0. The van der Waals surface area contributed by atoms with E-state index in [-0.39, 0.29) is 11.9 Å². The number of para-hydroxylation sites is 1. The molecule has 4 heteroatoms. The minimum absolute atomic E-state index is 0.148. The Morgan fingerprint density at radius 1 is 1.32 bits per heavy atom. The number of benzene rings is 1. The predicted molar refractivity (Wildman–Crippen MR) is 87.1 cm³/mol. The second-order valence-electron chi connectivity index (χ2n) is 6.44. The second-order valence-corrected chi connectivity index (χ2v) is 6.44. The van der Waals surface area contributed by atoms with E-state index in [2.05, 4.69) is 12.2 Å². The molecule has 0 radical (unpaired) electrons. The number of nitrogens with one attached hydrogen (secondary N) is 1. The normalized spacial score (nSPS) is 22.0. The number of amides is 1. The topological polar surface area (TPSA) is 45.2 Å². The summed E-state index contributed by atoms with van der Waals surface area (Å²) >= 11 is 0. The van der Waals surface area contributed by atoms with Crippen molar-refractivity contribution in [2.24, 2.45) is 0 Å². The van der Waals surface area contributed by atoms with E-state index in [4.69, 9.17) is 4.98 Å². The molecule has 1 N–H and O–H groups in total. The zero-order valence-corrected chi connectivity index (χ0v) is 12.9. The third-order valence-electron chi connectivity index (χ3n) is 4.72. The summed E-state index contributed by atoms with van der Waals surface area (Å²) in [5.74, 6) is 0.700. The smallest absolute Gasteiger partial charge is 0.254 e. The minimum atomic E-state index is 0.148. The SMILES string of the molecule is C[C@H]1CNCCN1C(=O)c1cc(C2CC2)nc2ccccc12. The van der Waals surface area contributed by atoms with Gasteiger partial charge in [-0.25, -0.2) is 0 Å². The fourth-order valence-corrected chi connectivity index (χ4v) is 3.26. The molecular weight excluding hydrogens is 274 g/mol. The molecule has 2 heterocycles. The van der Waals surface area contributed by atoms with Crippen LogP contribution in [-0.4, -0.2) is 41.5 Å². The molecule has 1 aromatic heterocycles. The van der Waals surface area contributed by atoms with Gasteiger partial charge in [0, 0.05) is 42.7 Å². The highest BCUT2D eigenvalue weighted by Crippen LogP contribution is 2.40. The maximum absolute atomic E-state index is 13.1. The van der Waals surface area contributed by atoms with Crippen LogP contribution in [0.1, 0.15) is 41.7 Å². The molecule has 1 amide bonds. The average Bonchev–Trinajstić information content (AvgIpc) is 3.38. The van der Waals surface area contributed by atoms with Crippen LogP contribution in [0.2, 0.25) is 0 Å². The quantitative estimate of drug-likeness (QED) is 0.926. The highest BCUT2D eigenvalue weighted by atomic mass is 16.2. The molecule has 4 rings (SSSR count). The van der Waals surface area contributed by atoms with Crippen molar-refractivity contribution in [3.05, 3.63) is 41.6 Å². The van der Waals surface area contributed by atoms with Crippen molar-refractivity contribution in [1.29, 1.82) is 0 Å². The van der Waals surface area contributed by atoms with Crippen molar-refractivity contribution in [3.8, 4) is 0 Å². The maximum atomic E-state index is 13.1. The van der Waals surface area contributed by atoms with Crippen LogP contribution in [0.25, 0.3) is 10.9 Å². The third kappa shape index (κ3) is 2.37. The Balaban J connectivity index is 1.80. The van der Waals surface area contributed by atoms with Crippen molar-refractivity contribution >= 4 is 16.8 Å². The van der Waals surface area contributed by atoms with E-state index in [1.165, 1.54) is 12.8 Å². The number of piperazine rings is 1. The number of aromatic nitrogens is 1. The lowest BCUT2D eigenvalue weighted by molar-refractivity contribution is 0.0657. The monoisotopic (exact) mass is 295 g/mol. The van der Waals surface area contributed by atoms with Gasteiger partial charge < -0.3 is 10.2 Å². The van der Waals surface area contributed by atoms with Gasteiger partial charge in [-0.15, -0.1) is 0 Å². The summed E-state index contributed by atoms with van der Waals surface area (Å²) in [5.41, 5.74) is 2.85. The molecule has 114 valence electrons. The van der Waals surface area contributed by atoms with Gasteiger partial charge in [-0.3, -0.25) is 9.78 Å². The number of hydrogen-bond donors (Lipinski definition) is 1. The summed E-state index contributed by atoms with van der Waals surface area (Å²) in [5, 5.41) is 4.32. The summed E-state index contributed by atoms with van der Waals surface area (Å²) < 4.78 is 0. The van der Waals surface area contributed by atoms with E-state index in [1.54, 1.807) is 0 Å². The van der Waals surface area contributed by atoms with Crippen LogP contribution in [0.3, 0.4) is 0 Å². The van der Waals surface area contributed by atoms with Crippen LogP contribution in [0.15, 0.2) is 30.3 Å². The number of carbonyl (C=O) groups excluding carboxylic acids is 1. The molecule has 1 saturated carbocycles. The van der Waals surface area contributed by atoms with Gasteiger partial charge in [-0.2, -0.15) is 0 Å². The van der Waals surface area contributed by atoms with Crippen LogP contribution in [0.4, 0.5) is 0 Å². The first kappa shape index (κ1) is 13.7. The van der Waals surface area contributed by atoms with Gasteiger partial charge in [0.05, 0.1) is 11.1 Å². The standard InChI is InChI=1S/C18H21N3O/c1-12-11-19-8-9-21(12)18(22)15-10-17(13-6-7-13)20-16-5-3-2-4-14(15)16/h2-5,10,12-13,19H,6-9,11H2,1H3/t12-/m0/s1. The van der Waals surface area contributed by atoms with Crippen LogP contribution >= 0.6 is 0 Å². The van der Waals surface area contributed by atoms with Crippen molar-refractivity contribution in [2.75, 3.05) is 19.6 Å². The van der Waals surface area contributed by atoms with Gasteiger partial charge in [-0.1, -0.05) is 18.2 Å². The van der Waals surface area contributed by atoms with E-state index < -0.39 is 0 Å². The lowest BCUT2D eigenvalue weighted by atomic mass is 10.0. The number of hydrogen-bond acceptors (Lipinski definition) is 3. The Morgan fingerprint density at radius 3 is 2.91 bits per heavy atom. The minimum Gasteiger partial charge on any atom is -0.333 e. The predicted octanol–water partition coefficient (Wildman–Crippen LogP) is 2.55. The van der Waals surface area contributed by atoms with E-state index in [0.717, 1.165) is 41.8 Å². The Labute approximate surface area is 130 Å². The lowest BCUT2D eigenvalue weighted by Gasteiger charge is -2.34. The third-order valence-corrected chi connectivity index (χ3v) is 4.72. The molecule has 0 unspecified atom stereocenters. The Morgan fingerprint density at radius 2 is 2.14 bits per heavy atom. The molecule has 1 aliphatic carbocycles. The highest BCUT2D eigenvalue weighted by molar-refractivity contribution is 6.06. The molecule has 0 bridgehead atoms. The van der Waals surface area contributed by atoms with Crippen molar-refractivity contribution in [1.82, 2.24) is 15.2 Å². The molecular formula is C18H21N3O. The van der Waals surface area contributed by atoms with Crippen LogP contribution in [0.5, 0.6) is 0 Å². The summed E-state index contributed by atoms with van der Waals surface area (Å²) in [6.45, 7) is 4.61. The molecule has 2 aliphatic rings. The Hall–Kier alpha value is -1.94. The number of rotatable bonds is 2. The fraction of sp³-hybridized carbons (Fsp3) is 0.444. The Kier molecular flexibility index (Phi) is 3.34. The van der Waals surface area contributed by atoms with E-state index in [9.17, 15) is 4.79 Å². The van der Waals surface area contributed by atoms with Crippen LogP contribution in [-0.2, 0) is 0 Å². The van der Waals surface area contributed by atoms with Gasteiger partial charge in [0.2, 0.25) is 0 Å². The van der Waals surface area contributed by atoms with Crippen molar-refractivity contribution in [3.63, 3.8) is 0 Å². The Bertz CT molecular complexity index is 723. The van der Waals surface area contributed by atoms with E-state index in [1.807, 2.05) is 35.2 Å². The first-order valence-corrected chi connectivity index (χ1v) is 8.15. The number of pyridine rings is 1. The number of nitrogens with zero attached hydrogens (tertiary/aromatic N) is 2. The first-order chi connectivity index (χ1) is 10.7. The van der Waals surface area contributed by atoms with Crippen molar-refractivity contribution in [2.45, 2.75) is 31.7 Å². The van der Waals surface area contributed by atoms with Gasteiger partial charge in [0.1, 0.15) is 0 Å². The zero-order valence-electron chi connectivity index (χ0n) is 12.9. The first-order valence-electron chi connectivity index (χ1n) is 8.15. The van der Waals surface area contributed by atoms with E-state index >= 15 is 0 Å². The largest absolute Gasteiger partial charge is 0.333 e. The van der Waals surface area contributed by atoms with Gasteiger partial charge >= 0.3 is 0 Å². The maximum Gasteiger partial charge on any atom is 0.254 e. The summed E-state index contributed by atoms with van der Waals surface area (Å²) in [6, 6.07) is 10.3.